The van der Waals surface area contributed by atoms with Crippen LogP contribution in [0.25, 0.3) is 0 Å². The van der Waals surface area contributed by atoms with Crippen molar-refractivity contribution in [3.63, 3.8) is 0 Å². The Morgan fingerprint density at radius 3 is 2.85 bits per heavy atom. The highest BCUT2D eigenvalue weighted by Crippen LogP contribution is 2.24. The number of aliphatic hydroxyl groups excluding tert-OH is 1. The molecule has 1 aromatic rings. The van der Waals surface area contributed by atoms with Crippen molar-refractivity contribution >= 4 is 33.5 Å². The molecule has 2 rings (SSSR count). The summed E-state index contributed by atoms with van der Waals surface area (Å²) in [4.78, 5) is 0.262. The first-order valence-corrected chi connectivity index (χ1v) is 10.1. The molecule has 1 unspecified atom stereocenters. The predicted octanol–water partition coefficient (Wildman–Crippen LogP) is 1.61. The number of benzene rings is 1. The maximum atomic E-state index is 12.4. The fourth-order valence-electron chi connectivity index (χ4n) is 1.97. The van der Waals surface area contributed by atoms with Crippen molar-refractivity contribution in [3.8, 4) is 0 Å². The second kappa shape index (κ2) is 7.17. The summed E-state index contributed by atoms with van der Waals surface area (Å²) in [6.45, 7) is 2.07. The fourth-order valence-corrected chi connectivity index (χ4v) is 6.06. The first kappa shape index (κ1) is 16.2. The van der Waals surface area contributed by atoms with Gasteiger partial charge in [-0.3, -0.25) is 0 Å². The minimum Gasteiger partial charge on any atom is -0.392 e. The van der Waals surface area contributed by atoms with Crippen LogP contribution in [-0.4, -0.2) is 42.6 Å². The molecule has 0 amide bonds. The molecule has 2 N–H and O–H groups in total. The lowest BCUT2D eigenvalue weighted by Crippen LogP contribution is -2.33. The fraction of sp³-hybridized carbons (Fsp3) is 0.538. The van der Waals surface area contributed by atoms with E-state index < -0.39 is 10.0 Å². The van der Waals surface area contributed by atoms with Crippen molar-refractivity contribution in [1.29, 1.82) is 0 Å². The van der Waals surface area contributed by atoms with Gasteiger partial charge in [0.1, 0.15) is 0 Å². The highest BCUT2D eigenvalue weighted by molar-refractivity contribution is 8.06. The zero-order valence-corrected chi connectivity index (χ0v) is 13.8. The van der Waals surface area contributed by atoms with Crippen LogP contribution in [0.2, 0.25) is 0 Å². The molecule has 1 atom stereocenters. The van der Waals surface area contributed by atoms with E-state index in [-0.39, 0.29) is 11.5 Å². The van der Waals surface area contributed by atoms with Crippen molar-refractivity contribution in [2.75, 3.05) is 23.8 Å². The second-order valence-electron chi connectivity index (χ2n) is 4.68. The molecule has 1 aliphatic heterocycles. The summed E-state index contributed by atoms with van der Waals surface area (Å²) in [5.41, 5.74) is 1.30. The van der Waals surface area contributed by atoms with Gasteiger partial charge in [-0.15, -0.1) is 0 Å². The number of thioether (sulfide) groups is 2. The first-order chi connectivity index (χ1) is 9.53. The van der Waals surface area contributed by atoms with E-state index in [4.69, 9.17) is 5.11 Å². The van der Waals surface area contributed by atoms with Gasteiger partial charge in [0.05, 0.1) is 11.5 Å². The van der Waals surface area contributed by atoms with Crippen LogP contribution in [0.5, 0.6) is 0 Å². The molecule has 1 saturated heterocycles. The molecule has 0 spiro atoms. The SMILES string of the molecule is Cc1ccc(CO)cc1S(=O)(=O)NCC1CSCCS1. The quantitative estimate of drug-likeness (QED) is 0.857. The predicted molar refractivity (Wildman–Crippen MR) is 85.9 cm³/mol. The Balaban J connectivity index is 2.09. The molecule has 4 nitrogen and oxygen atoms in total. The number of aryl methyl sites for hydroxylation is 1. The first-order valence-electron chi connectivity index (χ1n) is 6.42. The van der Waals surface area contributed by atoms with Crippen LogP contribution in [0, 0.1) is 6.92 Å². The Bertz CT molecular complexity index is 554. The number of sulfonamides is 1. The standard InChI is InChI=1S/C13H19NO3S3/c1-10-2-3-11(8-15)6-13(10)20(16,17)14-7-12-9-18-4-5-19-12/h2-3,6,12,14-15H,4-5,7-9H2,1H3. The van der Waals surface area contributed by atoms with Gasteiger partial charge in [0.2, 0.25) is 10.0 Å². The zero-order valence-electron chi connectivity index (χ0n) is 11.3. The van der Waals surface area contributed by atoms with Crippen LogP contribution in [-0.2, 0) is 16.6 Å². The third kappa shape index (κ3) is 4.14. The van der Waals surface area contributed by atoms with E-state index in [0.717, 1.165) is 17.3 Å². The van der Waals surface area contributed by atoms with Crippen molar-refractivity contribution < 1.29 is 13.5 Å². The number of hydrogen-bond donors (Lipinski definition) is 2. The zero-order chi connectivity index (χ0) is 14.6. The van der Waals surface area contributed by atoms with E-state index in [1.807, 2.05) is 23.5 Å². The molecule has 0 saturated carbocycles. The van der Waals surface area contributed by atoms with Gasteiger partial charge >= 0.3 is 0 Å². The van der Waals surface area contributed by atoms with Crippen LogP contribution in [0.4, 0.5) is 0 Å². The number of rotatable bonds is 5. The maximum Gasteiger partial charge on any atom is 0.240 e. The average molecular weight is 334 g/mol. The van der Waals surface area contributed by atoms with E-state index in [2.05, 4.69) is 4.72 Å². The maximum absolute atomic E-state index is 12.4. The van der Waals surface area contributed by atoms with E-state index >= 15 is 0 Å². The summed E-state index contributed by atoms with van der Waals surface area (Å²) in [5.74, 6) is 3.21. The summed E-state index contributed by atoms with van der Waals surface area (Å²) >= 11 is 3.69. The van der Waals surface area contributed by atoms with Gasteiger partial charge in [0.25, 0.3) is 0 Å². The van der Waals surface area contributed by atoms with Gasteiger partial charge < -0.3 is 5.11 Å². The van der Waals surface area contributed by atoms with Crippen LogP contribution in [0.15, 0.2) is 23.1 Å². The lowest BCUT2D eigenvalue weighted by Gasteiger charge is -2.21. The molecule has 0 aliphatic carbocycles. The number of nitrogens with one attached hydrogen (secondary N) is 1. The average Bonchev–Trinajstić information content (AvgIpc) is 2.47. The normalized spacial score (nSPS) is 20.0. The Kier molecular flexibility index (Phi) is 5.80. The van der Waals surface area contributed by atoms with Crippen LogP contribution >= 0.6 is 23.5 Å². The number of hydrogen-bond acceptors (Lipinski definition) is 5. The molecule has 7 heteroatoms. The van der Waals surface area contributed by atoms with Crippen LogP contribution in [0.1, 0.15) is 11.1 Å². The van der Waals surface area contributed by atoms with Crippen LogP contribution < -0.4 is 4.72 Å². The summed E-state index contributed by atoms with van der Waals surface area (Å²) in [5, 5.41) is 9.47. The van der Waals surface area contributed by atoms with Gasteiger partial charge in [0.15, 0.2) is 0 Å². The van der Waals surface area contributed by atoms with Crippen molar-refractivity contribution in [2.24, 2.45) is 0 Å². The Morgan fingerprint density at radius 1 is 1.40 bits per heavy atom. The third-order valence-electron chi connectivity index (χ3n) is 3.11. The summed E-state index contributed by atoms with van der Waals surface area (Å²) in [6, 6.07) is 5.01. The molecule has 0 aromatic heterocycles. The highest BCUT2D eigenvalue weighted by atomic mass is 32.2. The molecule has 0 bridgehead atoms. The van der Waals surface area contributed by atoms with Gasteiger partial charge in [0, 0.05) is 29.1 Å². The minimum absolute atomic E-state index is 0.155. The summed E-state index contributed by atoms with van der Waals surface area (Å²) < 4.78 is 27.4. The molecule has 20 heavy (non-hydrogen) atoms. The molecule has 1 aliphatic rings. The van der Waals surface area contributed by atoms with E-state index in [1.165, 1.54) is 0 Å². The van der Waals surface area contributed by atoms with Gasteiger partial charge in [-0.25, -0.2) is 13.1 Å². The monoisotopic (exact) mass is 333 g/mol. The molecular weight excluding hydrogens is 314 g/mol. The largest absolute Gasteiger partial charge is 0.392 e. The van der Waals surface area contributed by atoms with Gasteiger partial charge in [-0.1, -0.05) is 12.1 Å². The lowest BCUT2D eigenvalue weighted by atomic mass is 10.2. The van der Waals surface area contributed by atoms with Gasteiger partial charge in [-0.2, -0.15) is 23.5 Å². The highest BCUT2D eigenvalue weighted by Gasteiger charge is 2.21. The van der Waals surface area contributed by atoms with Crippen molar-refractivity contribution in [1.82, 2.24) is 4.72 Å². The molecule has 0 radical (unpaired) electrons. The van der Waals surface area contributed by atoms with Crippen molar-refractivity contribution in [3.05, 3.63) is 29.3 Å². The Hall–Kier alpha value is -0.210. The lowest BCUT2D eigenvalue weighted by molar-refractivity contribution is 0.281. The Morgan fingerprint density at radius 2 is 2.20 bits per heavy atom. The minimum atomic E-state index is -3.51. The van der Waals surface area contributed by atoms with Crippen LogP contribution in [0.3, 0.4) is 0 Å². The summed E-state index contributed by atoms with van der Waals surface area (Å²) in [7, 11) is -3.51. The number of aliphatic hydroxyl groups is 1. The molecule has 1 aromatic carbocycles. The van der Waals surface area contributed by atoms with E-state index in [1.54, 1.807) is 25.1 Å². The molecule has 1 fully saturated rings. The van der Waals surface area contributed by atoms with Crippen molar-refractivity contribution in [2.45, 2.75) is 23.7 Å². The topological polar surface area (TPSA) is 66.4 Å². The molecule has 112 valence electrons. The Labute approximate surface area is 128 Å². The third-order valence-corrected chi connectivity index (χ3v) is 7.52. The van der Waals surface area contributed by atoms with E-state index in [9.17, 15) is 8.42 Å². The molecular formula is C13H19NO3S3. The summed E-state index contributed by atoms with van der Waals surface area (Å²) in [6.07, 6.45) is 0. The second-order valence-corrected chi connectivity index (χ2v) is 8.97. The van der Waals surface area contributed by atoms with E-state index in [0.29, 0.717) is 22.9 Å². The van der Waals surface area contributed by atoms with Gasteiger partial charge in [-0.05, 0) is 24.1 Å². The smallest absolute Gasteiger partial charge is 0.240 e. The molecule has 1 heterocycles.